The summed E-state index contributed by atoms with van der Waals surface area (Å²) in [6.07, 6.45) is 6.72. The molecule has 0 aliphatic rings. The third kappa shape index (κ3) is 5.67. The van der Waals surface area contributed by atoms with Crippen molar-refractivity contribution in [1.82, 2.24) is 4.98 Å². The molecule has 0 aliphatic heterocycles. The maximum absolute atomic E-state index is 11.8. The summed E-state index contributed by atoms with van der Waals surface area (Å²) in [5, 5.41) is 2.99. The molecular formula is C14H15ClN2O3. The van der Waals surface area contributed by atoms with Crippen molar-refractivity contribution < 1.29 is 14.3 Å². The van der Waals surface area contributed by atoms with Gasteiger partial charge in [-0.05, 0) is 26.0 Å². The van der Waals surface area contributed by atoms with Crippen LogP contribution in [0, 0.1) is 0 Å². The fourth-order valence-corrected chi connectivity index (χ4v) is 1.30. The average molecular weight is 295 g/mol. The molecule has 106 valence electrons. The lowest BCUT2D eigenvalue weighted by Gasteiger charge is -2.11. The topological polar surface area (TPSA) is 68.3 Å². The number of rotatable bonds is 5. The highest BCUT2D eigenvalue weighted by Gasteiger charge is 2.16. The zero-order valence-corrected chi connectivity index (χ0v) is 11.9. The number of amides is 1. The second-order valence-electron chi connectivity index (χ2n) is 3.81. The first-order valence-corrected chi connectivity index (χ1v) is 6.33. The van der Waals surface area contributed by atoms with Gasteiger partial charge < -0.3 is 10.1 Å². The summed E-state index contributed by atoms with van der Waals surface area (Å²) < 4.78 is 4.93. The van der Waals surface area contributed by atoms with Gasteiger partial charge in [-0.2, -0.15) is 0 Å². The van der Waals surface area contributed by atoms with Gasteiger partial charge in [0.15, 0.2) is 6.10 Å². The normalized spacial score (nSPS) is 12.6. The molecular weight excluding hydrogens is 280 g/mol. The number of esters is 1. The Balaban J connectivity index is 2.50. The SMILES string of the molecule is C/C=C/C=C/C(=O)O[C@H](C)C(=O)Nc1ccc(Cl)cn1. The highest BCUT2D eigenvalue weighted by Crippen LogP contribution is 2.10. The van der Waals surface area contributed by atoms with Gasteiger partial charge in [0, 0.05) is 12.3 Å². The van der Waals surface area contributed by atoms with Crippen LogP contribution in [-0.2, 0) is 14.3 Å². The number of ether oxygens (including phenoxy) is 1. The lowest BCUT2D eigenvalue weighted by atomic mass is 10.3. The van der Waals surface area contributed by atoms with Crippen molar-refractivity contribution in [2.75, 3.05) is 5.32 Å². The van der Waals surface area contributed by atoms with Crippen LogP contribution in [0.25, 0.3) is 0 Å². The number of nitrogens with one attached hydrogen (secondary N) is 1. The maximum atomic E-state index is 11.8. The second-order valence-corrected chi connectivity index (χ2v) is 4.25. The highest BCUT2D eigenvalue weighted by molar-refractivity contribution is 6.30. The quantitative estimate of drug-likeness (QED) is 0.515. The molecule has 0 radical (unpaired) electrons. The Kier molecular flexibility index (Phi) is 6.46. The summed E-state index contributed by atoms with van der Waals surface area (Å²) >= 11 is 5.68. The molecule has 0 saturated carbocycles. The Morgan fingerprint density at radius 2 is 2.15 bits per heavy atom. The van der Waals surface area contributed by atoms with E-state index in [1.807, 2.05) is 6.92 Å². The number of halogens is 1. The maximum Gasteiger partial charge on any atom is 0.331 e. The number of carbonyl (C=O) groups is 2. The van der Waals surface area contributed by atoms with Crippen molar-refractivity contribution in [3.05, 3.63) is 47.7 Å². The Morgan fingerprint density at radius 3 is 2.75 bits per heavy atom. The molecule has 1 atom stereocenters. The summed E-state index contributed by atoms with van der Waals surface area (Å²) in [5.74, 6) is -0.714. The van der Waals surface area contributed by atoms with E-state index in [4.69, 9.17) is 16.3 Å². The standard InChI is InChI=1S/C14H15ClN2O3/c1-3-4-5-6-13(18)20-10(2)14(19)17-12-8-7-11(15)9-16-12/h3-10H,1-2H3,(H,16,17,19)/b4-3+,6-5+/t10-/m1/s1. The Hall–Kier alpha value is -2.14. The van der Waals surface area contributed by atoms with Crippen molar-refractivity contribution in [2.24, 2.45) is 0 Å². The molecule has 20 heavy (non-hydrogen) atoms. The second kappa shape index (κ2) is 8.12. The lowest BCUT2D eigenvalue weighted by Crippen LogP contribution is -2.29. The number of nitrogens with zero attached hydrogens (tertiary/aromatic N) is 1. The van der Waals surface area contributed by atoms with Gasteiger partial charge in [-0.15, -0.1) is 0 Å². The first-order valence-electron chi connectivity index (χ1n) is 5.95. The summed E-state index contributed by atoms with van der Waals surface area (Å²) in [4.78, 5) is 27.1. The third-order valence-corrected chi connectivity index (χ3v) is 2.40. The summed E-state index contributed by atoms with van der Waals surface area (Å²) in [6.45, 7) is 3.30. The fourth-order valence-electron chi connectivity index (χ4n) is 1.19. The van der Waals surface area contributed by atoms with Gasteiger partial charge in [0.25, 0.3) is 5.91 Å². The van der Waals surface area contributed by atoms with Gasteiger partial charge in [-0.25, -0.2) is 9.78 Å². The molecule has 1 N–H and O–H groups in total. The third-order valence-electron chi connectivity index (χ3n) is 2.18. The van der Waals surface area contributed by atoms with Crippen LogP contribution in [0.1, 0.15) is 13.8 Å². The van der Waals surface area contributed by atoms with Gasteiger partial charge in [0.2, 0.25) is 0 Å². The molecule has 0 fully saturated rings. The van der Waals surface area contributed by atoms with Crippen molar-refractivity contribution in [1.29, 1.82) is 0 Å². The smallest absolute Gasteiger partial charge is 0.331 e. The van der Waals surface area contributed by atoms with Gasteiger partial charge in [0.1, 0.15) is 5.82 Å². The van der Waals surface area contributed by atoms with E-state index < -0.39 is 18.0 Å². The number of pyridine rings is 1. The number of carbonyl (C=O) groups excluding carboxylic acids is 2. The van der Waals surface area contributed by atoms with Gasteiger partial charge in [-0.1, -0.05) is 29.8 Å². The summed E-state index contributed by atoms with van der Waals surface area (Å²) in [7, 11) is 0. The molecule has 1 amide bonds. The predicted octanol–water partition coefficient (Wildman–Crippen LogP) is 2.74. The van der Waals surface area contributed by atoms with Crippen LogP contribution < -0.4 is 5.32 Å². The number of allylic oxidation sites excluding steroid dienone is 3. The average Bonchev–Trinajstić information content (AvgIpc) is 2.41. The molecule has 6 heteroatoms. The number of hydrogen-bond acceptors (Lipinski definition) is 4. The van der Waals surface area contributed by atoms with E-state index in [1.54, 1.807) is 24.3 Å². The molecule has 0 aliphatic carbocycles. The van der Waals surface area contributed by atoms with Crippen LogP contribution in [0.3, 0.4) is 0 Å². The van der Waals surface area contributed by atoms with E-state index in [1.165, 1.54) is 25.3 Å². The highest BCUT2D eigenvalue weighted by atomic mass is 35.5. The van der Waals surface area contributed by atoms with Crippen LogP contribution in [0.5, 0.6) is 0 Å². The Morgan fingerprint density at radius 1 is 1.40 bits per heavy atom. The van der Waals surface area contributed by atoms with E-state index >= 15 is 0 Å². The van der Waals surface area contributed by atoms with E-state index in [0.29, 0.717) is 10.8 Å². The zero-order chi connectivity index (χ0) is 15.0. The minimum atomic E-state index is -0.921. The molecule has 1 rings (SSSR count). The number of anilines is 1. The molecule has 0 bridgehead atoms. The van der Waals surface area contributed by atoms with Crippen molar-refractivity contribution in [3.63, 3.8) is 0 Å². The molecule has 0 unspecified atom stereocenters. The predicted molar refractivity (Wildman–Crippen MR) is 77.4 cm³/mol. The molecule has 0 saturated heterocycles. The minimum Gasteiger partial charge on any atom is -0.449 e. The molecule has 1 heterocycles. The van der Waals surface area contributed by atoms with Crippen molar-refractivity contribution in [3.8, 4) is 0 Å². The van der Waals surface area contributed by atoms with Crippen LogP contribution in [0.2, 0.25) is 5.02 Å². The molecule has 1 aromatic rings. The van der Waals surface area contributed by atoms with Crippen molar-refractivity contribution in [2.45, 2.75) is 20.0 Å². The zero-order valence-electron chi connectivity index (χ0n) is 11.2. The Labute approximate surface area is 122 Å². The minimum absolute atomic E-state index is 0.340. The van der Waals surface area contributed by atoms with Crippen LogP contribution in [0.4, 0.5) is 5.82 Å². The summed E-state index contributed by atoms with van der Waals surface area (Å²) in [5.41, 5.74) is 0. The number of aromatic nitrogens is 1. The molecule has 0 aromatic carbocycles. The van der Waals surface area contributed by atoms with E-state index in [-0.39, 0.29) is 0 Å². The number of hydrogen-bond donors (Lipinski definition) is 1. The lowest BCUT2D eigenvalue weighted by molar-refractivity contribution is -0.148. The molecule has 1 aromatic heterocycles. The van der Waals surface area contributed by atoms with E-state index in [0.717, 1.165) is 0 Å². The van der Waals surface area contributed by atoms with Crippen LogP contribution in [0.15, 0.2) is 42.6 Å². The van der Waals surface area contributed by atoms with Gasteiger partial charge in [0.05, 0.1) is 5.02 Å². The fraction of sp³-hybridized carbons (Fsp3) is 0.214. The first-order chi connectivity index (χ1) is 9.52. The monoisotopic (exact) mass is 294 g/mol. The molecule has 0 spiro atoms. The Bertz CT molecular complexity index is 524. The summed E-state index contributed by atoms with van der Waals surface area (Å²) in [6, 6.07) is 3.15. The largest absolute Gasteiger partial charge is 0.449 e. The van der Waals surface area contributed by atoms with Crippen molar-refractivity contribution >= 4 is 29.3 Å². The van der Waals surface area contributed by atoms with Crippen LogP contribution in [-0.4, -0.2) is 23.0 Å². The van der Waals surface area contributed by atoms with Crippen LogP contribution >= 0.6 is 11.6 Å². The first kappa shape index (κ1) is 15.9. The van der Waals surface area contributed by atoms with Gasteiger partial charge >= 0.3 is 5.97 Å². The van der Waals surface area contributed by atoms with E-state index in [9.17, 15) is 9.59 Å². The molecule has 5 nitrogen and oxygen atoms in total. The van der Waals surface area contributed by atoms with Gasteiger partial charge in [-0.3, -0.25) is 4.79 Å². The van der Waals surface area contributed by atoms with E-state index in [2.05, 4.69) is 10.3 Å².